The number of nitrogens with one attached hydrogen (secondary N) is 1. The molecule has 3 atom stereocenters. The van der Waals surface area contributed by atoms with E-state index in [0.717, 1.165) is 30.4 Å². The van der Waals surface area contributed by atoms with Gasteiger partial charge in [0.25, 0.3) is 0 Å². The fourth-order valence-corrected chi connectivity index (χ4v) is 4.63. The average Bonchev–Trinajstić information content (AvgIpc) is 3.02. The summed E-state index contributed by atoms with van der Waals surface area (Å²) < 4.78 is 13.7. The Morgan fingerprint density at radius 3 is 2.76 bits per heavy atom. The zero-order valence-corrected chi connectivity index (χ0v) is 13.7. The molecule has 0 radical (unpaired) electrons. The van der Waals surface area contributed by atoms with Gasteiger partial charge in [-0.15, -0.1) is 0 Å². The predicted molar refractivity (Wildman–Crippen MR) is 86.1 cm³/mol. The van der Waals surface area contributed by atoms with E-state index in [1.165, 1.54) is 25.7 Å². The van der Waals surface area contributed by atoms with Crippen LogP contribution >= 0.6 is 11.6 Å². The van der Waals surface area contributed by atoms with Gasteiger partial charge in [0, 0.05) is 12.6 Å². The molecule has 2 bridgehead atoms. The van der Waals surface area contributed by atoms with Crippen LogP contribution in [0.5, 0.6) is 0 Å². The lowest BCUT2D eigenvalue weighted by molar-refractivity contribution is 0.152. The van der Waals surface area contributed by atoms with Crippen molar-refractivity contribution in [1.82, 2.24) is 5.32 Å². The molecule has 2 aliphatic carbocycles. The van der Waals surface area contributed by atoms with Crippen LogP contribution in [0.25, 0.3) is 0 Å². The molecule has 0 aliphatic heterocycles. The molecule has 2 aliphatic rings. The molecule has 1 aromatic rings. The van der Waals surface area contributed by atoms with Gasteiger partial charge in [-0.2, -0.15) is 0 Å². The average molecular weight is 310 g/mol. The van der Waals surface area contributed by atoms with Crippen molar-refractivity contribution < 1.29 is 4.39 Å². The van der Waals surface area contributed by atoms with Crippen LogP contribution in [-0.4, -0.2) is 12.6 Å². The number of hydrogen-bond donors (Lipinski definition) is 1. The minimum absolute atomic E-state index is 0.223. The van der Waals surface area contributed by atoms with E-state index >= 15 is 0 Å². The molecule has 0 saturated heterocycles. The summed E-state index contributed by atoms with van der Waals surface area (Å²) >= 11 is 5.81. The van der Waals surface area contributed by atoms with Gasteiger partial charge < -0.3 is 5.32 Å². The van der Waals surface area contributed by atoms with Crippen molar-refractivity contribution in [3.63, 3.8) is 0 Å². The fourth-order valence-electron chi connectivity index (χ4n) is 4.52. The van der Waals surface area contributed by atoms with Gasteiger partial charge in [-0.05, 0) is 60.6 Å². The van der Waals surface area contributed by atoms with Crippen LogP contribution in [-0.2, 0) is 6.42 Å². The van der Waals surface area contributed by atoms with Gasteiger partial charge in [0.05, 0.1) is 5.02 Å². The molecule has 3 heteroatoms. The highest BCUT2D eigenvalue weighted by Crippen LogP contribution is 2.57. The van der Waals surface area contributed by atoms with Crippen LogP contribution in [0, 0.1) is 23.1 Å². The first-order valence-electron chi connectivity index (χ1n) is 8.16. The second-order valence-corrected chi connectivity index (χ2v) is 7.81. The third-order valence-electron chi connectivity index (χ3n) is 5.51. The maximum atomic E-state index is 13.7. The monoisotopic (exact) mass is 309 g/mol. The first-order valence-corrected chi connectivity index (χ1v) is 8.54. The van der Waals surface area contributed by atoms with E-state index in [4.69, 9.17) is 11.6 Å². The Labute approximate surface area is 132 Å². The van der Waals surface area contributed by atoms with Crippen molar-refractivity contribution in [2.75, 3.05) is 6.54 Å². The van der Waals surface area contributed by atoms with Gasteiger partial charge >= 0.3 is 0 Å². The topological polar surface area (TPSA) is 12.0 Å². The van der Waals surface area contributed by atoms with Gasteiger partial charge in [0.15, 0.2) is 0 Å². The van der Waals surface area contributed by atoms with E-state index in [2.05, 4.69) is 19.2 Å². The van der Waals surface area contributed by atoms with Crippen molar-refractivity contribution >= 4 is 11.6 Å². The SMILES string of the molecule is CC(C)NCC1(Cc2ccc(Cl)c(F)c2)CC2CCC1C2. The summed E-state index contributed by atoms with van der Waals surface area (Å²) in [5, 5.41) is 3.86. The molecule has 1 aromatic carbocycles. The van der Waals surface area contributed by atoms with Crippen molar-refractivity contribution in [2.45, 2.75) is 52.0 Å². The highest BCUT2D eigenvalue weighted by Gasteiger charge is 2.50. The largest absolute Gasteiger partial charge is 0.314 e. The van der Waals surface area contributed by atoms with Crippen molar-refractivity contribution in [2.24, 2.45) is 17.3 Å². The Kier molecular flexibility index (Phi) is 4.29. The molecular formula is C18H25ClFN. The molecule has 2 fully saturated rings. The van der Waals surface area contributed by atoms with Gasteiger partial charge in [0.1, 0.15) is 5.82 Å². The number of hydrogen-bond acceptors (Lipinski definition) is 1. The second-order valence-electron chi connectivity index (χ2n) is 7.40. The first kappa shape index (κ1) is 15.3. The fraction of sp³-hybridized carbons (Fsp3) is 0.667. The van der Waals surface area contributed by atoms with Crippen LogP contribution in [0.4, 0.5) is 4.39 Å². The van der Waals surface area contributed by atoms with E-state index in [1.54, 1.807) is 12.1 Å². The molecule has 3 rings (SSSR count). The zero-order chi connectivity index (χ0) is 15.0. The molecular weight excluding hydrogens is 285 g/mol. The Hall–Kier alpha value is -0.600. The smallest absolute Gasteiger partial charge is 0.142 e. The minimum Gasteiger partial charge on any atom is -0.314 e. The normalized spacial score (nSPS) is 31.3. The molecule has 21 heavy (non-hydrogen) atoms. The Balaban J connectivity index is 1.80. The Morgan fingerprint density at radius 1 is 1.38 bits per heavy atom. The maximum Gasteiger partial charge on any atom is 0.142 e. The lowest BCUT2D eigenvalue weighted by atomic mass is 9.69. The van der Waals surface area contributed by atoms with Gasteiger partial charge in [-0.3, -0.25) is 0 Å². The number of rotatable bonds is 5. The van der Waals surface area contributed by atoms with E-state index in [-0.39, 0.29) is 10.8 Å². The van der Waals surface area contributed by atoms with Crippen LogP contribution < -0.4 is 5.32 Å². The lowest BCUT2D eigenvalue weighted by Crippen LogP contribution is -2.42. The van der Waals surface area contributed by atoms with Gasteiger partial charge in [-0.1, -0.05) is 37.9 Å². The van der Waals surface area contributed by atoms with Gasteiger partial charge in [0.2, 0.25) is 0 Å². The van der Waals surface area contributed by atoms with E-state index in [9.17, 15) is 4.39 Å². The summed E-state index contributed by atoms with van der Waals surface area (Å²) in [5.74, 6) is 1.40. The quantitative estimate of drug-likeness (QED) is 0.821. The molecule has 1 nitrogen and oxygen atoms in total. The standard InChI is InChI=1S/C18H25ClFN/c1-12(2)21-11-18(9-13-3-5-15(18)7-13)10-14-4-6-16(19)17(20)8-14/h4,6,8,12-13,15,21H,3,5,7,9-11H2,1-2H3. The summed E-state index contributed by atoms with van der Waals surface area (Å²) in [7, 11) is 0. The molecule has 0 amide bonds. The van der Waals surface area contributed by atoms with E-state index in [0.29, 0.717) is 11.5 Å². The van der Waals surface area contributed by atoms with Gasteiger partial charge in [-0.25, -0.2) is 4.39 Å². The summed E-state index contributed by atoms with van der Waals surface area (Å²) in [6, 6.07) is 5.83. The van der Waals surface area contributed by atoms with Crippen LogP contribution in [0.3, 0.4) is 0 Å². The van der Waals surface area contributed by atoms with Crippen LogP contribution in [0.2, 0.25) is 5.02 Å². The third-order valence-corrected chi connectivity index (χ3v) is 5.81. The molecule has 0 spiro atoms. The summed E-state index contributed by atoms with van der Waals surface area (Å²) in [4.78, 5) is 0. The number of benzene rings is 1. The van der Waals surface area contributed by atoms with Crippen LogP contribution in [0.15, 0.2) is 18.2 Å². The maximum absolute atomic E-state index is 13.7. The molecule has 116 valence electrons. The minimum atomic E-state index is -0.288. The number of fused-ring (bicyclic) bond motifs is 2. The molecule has 2 saturated carbocycles. The van der Waals surface area contributed by atoms with Crippen LogP contribution in [0.1, 0.15) is 45.1 Å². The highest BCUT2D eigenvalue weighted by atomic mass is 35.5. The second kappa shape index (κ2) is 5.89. The van der Waals surface area contributed by atoms with E-state index in [1.807, 2.05) is 6.07 Å². The lowest BCUT2D eigenvalue weighted by Gasteiger charge is -2.39. The third kappa shape index (κ3) is 3.12. The van der Waals surface area contributed by atoms with Crippen molar-refractivity contribution in [3.05, 3.63) is 34.6 Å². The summed E-state index contributed by atoms with van der Waals surface area (Å²) in [6.45, 7) is 5.45. The van der Waals surface area contributed by atoms with Crippen molar-refractivity contribution in [3.8, 4) is 0 Å². The summed E-state index contributed by atoms with van der Waals surface area (Å²) in [6.07, 6.45) is 6.38. The van der Waals surface area contributed by atoms with Crippen molar-refractivity contribution in [1.29, 1.82) is 0 Å². The first-order chi connectivity index (χ1) is 9.98. The zero-order valence-electron chi connectivity index (χ0n) is 13.0. The Morgan fingerprint density at radius 2 is 2.19 bits per heavy atom. The highest BCUT2D eigenvalue weighted by molar-refractivity contribution is 6.30. The summed E-state index contributed by atoms with van der Waals surface area (Å²) in [5.41, 5.74) is 1.41. The number of halogens is 2. The molecule has 0 heterocycles. The van der Waals surface area contributed by atoms with E-state index < -0.39 is 0 Å². The molecule has 1 N–H and O–H groups in total. The predicted octanol–water partition coefficient (Wildman–Crippen LogP) is 4.83. The molecule has 0 aromatic heterocycles. The Bertz CT molecular complexity index is 516. The molecule has 3 unspecified atom stereocenters.